The minimum atomic E-state index is 0.500. The Morgan fingerprint density at radius 1 is 1.53 bits per heavy atom. The lowest BCUT2D eigenvalue weighted by Crippen LogP contribution is -2.36. The van der Waals surface area contributed by atoms with Gasteiger partial charge in [0, 0.05) is 11.6 Å². The van der Waals surface area contributed by atoms with Crippen LogP contribution in [0, 0.1) is 5.92 Å². The lowest BCUT2D eigenvalue weighted by Gasteiger charge is -2.35. The number of thiazole rings is 1. The molecule has 0 bridgehead atoms. The van der Waals surface area contributed by atoms with Gasteiger partial charge in [0.05, 0.1) is 6.04 Å². The zero-order valence-electron chi connectivity index (χ0n) is 10.9. The number of nitrogens with zero attached hydrogens (tertiary/aromatic N) is 2. The van der Waals surface area contributed by atoms with E-state index in [1.807, 2.05) is 13.2 Å². The largest absolute Gasteiger partial charge is 0.320 e. The molecular formula is C13H23N3S. The van der Waals surface area contributed by atoms with Gasteiger partial charge in [-0.1, -0.05) is 0 Å². The van der Waals surface area contributed by atoms with E-state index >= 15 is 0 Å². The molecule has 1 saturated heterocycles. The first-order valence-corrected chi connectivity index (χ1v) is 7.47. The smallest absolute Gasteiger partial charge is 0.109 e. The number of rotatable bonds is 5. The Balaban J connectivity index is 1.79. The number of piperidine rings is 1. The monoisotopic (exact) mass is 253 g/mol. The molecule has 3 nitrogen and oxygen atoms in total. The molecule has 17 heavy (non-hydrogen) atoms. The highest BCUT2D eigenvalue weighted by molar-refractivity contribution is 7.09. The highest BCUT2D eigenvalue weighted by atomic mass is 32.1. The Hall–Kier alpha value is -0.450. The molecule has 1 unspecified atom stereocenters. The highest BCUT2D eigenvalue weighted by Gasteiger charge is 2.24. The molecule has 0 spiro atoms. The van der Waals surface area contributed by atoms with Gasteiger partial charge in [-0.05, 0) is 58.8 Å². The van der Waals surface area contributed by atoms with E-state index in [0.29, 0.717) is 6.04 Å². The van der Waals surface area contributed by atoms with E-state index in [-0.39, 0.29) is 0 Å². The van der Waals surface area contributed by atoms with Crippen molar-refractivity contribution in [3.63, 3.8) is 0 Å². The molecule has 1 aromatic heterocycles. The van der Waals surface area contributed by atoms with E-state index in [4.69, 9.17) is 0 Å². The van der Waals surface area contributed by atoms with E-state index in [1.54, 1.807) is 11.3 Å². The number of aromatic nitrogens is 1. The third-order valence-corrected chi connectivity index (χ3v) is 4.75. The zero-order chi connectivity index (χ0) is 12.1. The first kappa shape index (κ1) is 13.0. The van der Waals surface area contributed by atoms with Gasteiger partial charge in [0.25, 0.3) is 0 Å². The second-order valence-electron chi connectivity index (χ2n) is 4.92. The first-order chi connectivity index (χ1) is 8.31. The molecule has 0 saturated carbocycles. The summed E-state index contributed by atoms with van der Waals surface area (Å²) in [4.78, 5) is 7.00. The summed E-state index contributed by atoms with van der Waals surface area (Å²) in [5.74, 6) is 0.919. The molecule has 0 aliphatic carbocycles. The molecule has 1 N–H and O–H groups in total. The molecular weight excluding hydrogens is 230 g/mol. The van der Waals surface area contributed by atoms with Gasteiger partial charge in [0.15, 0.2) is 0 Å². The van der Waals surface area contributed by atoms with Gasteiger partial charge >= 0.3 is 0 Å². The third kappa shape index (κ3) is 3.50. The van der Waals surface area contributed by atoms with Gasteiger partial charge in [-0.2, -0.15) is 0 Å². The zero-order valence-corrected chi connectivity index (χ0v) is 11.7. The van der Waals surface area contributed by atoms with E-state index in [1.165, 1.54) is 37.4 Å². The number of hydrogen-bond donors (Lipinski definition) is 1. The summed E-state index contributed by atoms with van der Waals surface area (Å²) in [6, 6.07) is 0.500. The quantitative estimate of drug-likeness (QED) is 0.874. The second kappa shape index (κ2) is 6.47. The average Bonchev–Trinajstić information content (AvgIpc) is 2.90. The van der Waals surface area contributed by atoms with Crippen LogP contribution in [0.1, 0.15) is 37.2 Å². The summed E-state index contributed by atoms with van der Waals surface area (Å²) in [6.07, 6.45) is 5.93. The van der Waals surface area contributed by atoms with Gasteiger partial charge in [-0.15, -0.1) is 11.3 Å². The molecule has 96 valence electrons. The molecule has 0 radical (unpaired) electrons. The highest BCUT2D eigenvalue weighted by Crippen LogP contribution is 2.28. The fourth-order valence-electron chi connectivity index (χ4n) is 2.57. The summed E-state index contributed by atoms with van der Waals surface area (Å²) < 4.78 is 0. The Morgan fingerprint density at radius 3 is 2.88 bits per heavy atom. The number of likely N-dealkylation sites (tertiary alicyclic amines) is 1. The van der Waals surface area contributed by atoms with Crippen LogP contribution in [0.5, 0.6) is 0 Å². The van der Waals surface area contributed by atoms with Crippen LogP contribution < -0.4 is 5.32 Å². The molecule has 2 heterocycles. The third-order valence-electron chi connectivity index (χ3n) is 3.81. The van der Waals surface area contributed by atoms with Crippen molar-refractivity contribution < 1.29 is 0 Å². The summed E-state index contributed by atoms with van der Waals surface area (Å²) >= 11 is 1.78. The number of hydrogen-bond acceptors (Lipinski definition) is 4. The average molecular weight is 253 g/mol. The summed E-state index contributed by atoms with van der Waals surface area (Å²) in [7, 11) is 2.04. The minimum absolute atomic E-state index is 0.500. The topological polar surface area (TPSA) is 28.2 Å². The minimum Gasteiger partial charge on any atom is -0.320 e. The Bertz CT molecular complexity index is 304. The van der Waals surface area contributed by atoms with E-state index in [2.05, 4.69) is 27.5 Å². The number of nitrogens with one attached hydrogen (secondary N) is 1. The van der Waals surface area contributed by atoms with Crippen molar-refractivity contribution >= 4 is 11.3 Å². The lowest BCUT2D eigenvalue weighted by atomic mass is 9.93. The Morgan fingerprint density at radius 2 is 2.29 bits per heavy atom. The van der Waals surface area contributed by atoms with Gasteiger partial charge in [-0.25, -0.2) is 4.98 Å². The van der Waals surface area contributed by atoms with Gasteiger partial charge in [-0.3, -0.25) is 4.90 Å². The van der Waals surface area contributed by atoms with Crippen LogP contribution in [0.15, 0.2) is 11.6 Å². The summed E-state index contributed by atoms with van der Waals surface area (Å²) in [5, 5.41) is 6.59. The maximum Gasteiger partial charge on any atom is 0.109 e. The lowest BCUT2D eigenvalue weighted by molar-refractivity contribution is 0.137. The van der Waals surface area contributed by atoms with Crippen molar-refractivity contribution in [1.29, 1.82) is 0 Å². The summed E-state index contributed by atoms with van der Waals surface area (Å²) in [6.45, 7) is 5.91. The predicted molar refractivity (Wildman–Crippen MR) is 73.4 cm³/mol. The molecule has 1 fully saturated rings. The van der Waals surface area contributed by atoms with Crippen molar-refractivity contribution in [3.05, 3.63) is 16.6 Å². The maximum atomic E-state index is 4.43. The molecule has 1 aliphatic heterocycles. The molecule has 1 aliphatic rings. The van der Waals surface area contributed by atoms with Crippen LogP contribution in [-0.2, 0) is 0 Å². The van der Waals surface area contributed by atoms with Crippen LogP contribution in [0.3, 0.4) is 0 Å². The molecule has 0 amide bonds. The Labute approximate surface area is 108 Å². The van der Waals surface area contributed by atoms with Gasteiger partial charge in [0.2, 0.25) is 0 Å². The van der Waals surface area contributed by atoms with Crippen LogP contribution >= 0.6 is 11.3 Å². The fraction of sp³-hybridized carbons (Fsp3) is 0.769. The van der Waals surface area contributed by atoms with Gasteiger partial charge in [0.1, 0.15) is 5.01 Å². The van der Waals surface area contributed by atoms with E-state index < -0.39 is 0 Å². The first-order valence-electron chi connectivity index (χ1n) is 6.59. The molecule has 1 aromatic rings. The fourth-order valence-corrected chi connectivity index (χ4v) is 3.30. The van der Waals surface area contributed by atoms with Crippen molar-refractivity contribution in [2.75, 3.05) is 26.7 Å². The maximum absolute atomic E-state index is 4.43. The predicted octanol–water partition coefficient (Wildman–Crippen LogP) is 2.53. The van der Waals surface area contributed by atoms with Crippen LogP contribution in [0.2, 0.25) is 0 Å². The molecule has 2 rings (SSSR count). The van der Waals surface area contributed by atoms with Crippen LogP contribution in [0.25, 0.3) is 0 Å². The van der Waals surface area contributed by atoms with E-state index in [0.717, 1.165) is 12.5 Å². The van der Waals surface area contributed by atoms with Crippen molar-refractivity contribution in [3.8, 4) is 0 Å². The SMILES string of the molecule is CNCCC1CCN(C(C)c2nccs2)CC1. The van der Waals surface area contributed by atoms with Crippen molar-refractivity contribution in [1.82, 2.24) is 15.2 Å². The second-order valence-corrected chi connectivity index (χ2v) is 5.84. The molecule has 1 atom stereocenters. The molecule has 4 heteroatoms. The van der Waals surface area contributed by atoms with Crippen molar-refractivity contribution in [2.45, 2.75) is 32.2 Å². The standard InChI is InChI=1S/C13H23N3S/c1-11(13-15-7-10-17-13)16-8-4-12(5-9-16)3-6-14-2/h7,10-12,14H,3-6,8-9H2,1-2H3. The Kier molecular flexibility index (Phi) is 4.95. The van der Waals surface area contributed by atoms with E-state index in [9.17, 15) is 0 Å². The summed E-state index contributed by atoms with van der Waals surface area (Å²) in [5.41, 5.74) is 0. The van der Waals surface area contributed by atoms with Gasteiger partial charge < -0.3 is 5.32 Å². The van der Waals surface area contributed by atoms with Crippen molar-refractivity contribution in [2.24, 2.45) is 5.92 Å². The van der Waals surface area contributed by atoms with Crippen LogP contribution in [0.4, 0.5) is 0 Å². The molecule has 0 aromatic carbocycles. The normalized spacial score (nSPS) is 20.6. The van der Waals surface area contributed by atoms with Crippen LogP contribution in [-0.4, -0.2) is 36.6 Å².